The number of benzene rings is 2. The van der Waals surface area contributed by atoms with E-state index in [4.69, 9.17) is 0 Å². The normalized spacial score (nSPS) is 10.7. The second-order valence-corrected chi connectivity index (χ2v) is 5.74. The van der Waals surface area contributed by atoms with Crippen molar-refractivity contribution in [1.29, 1.82) is 0 Å². The van der Waals surface area contributed by atoms with Gasteiger partial charge in [-0.25, -0.2) is 0 Å². The quantitative estimate of drug-likeness (QED) is 0.394. The van der Waals surface area contributed by atoms with Crippen LogP contribution in [-0.4, -0.2) is 20.6 Å². The first-order valence-electron chi connectivity index (χ1n) is 7.64. The molecule has 0 radical (unpaired) electrons. The number of nitro groups is 2. The second kappa shape index (κ2) is 6.32. The summed E-state index contributed by atoms with van der Waals surface area (Å²) in [6.07, 6.45) is 0. The highest BCUT2D eigenvalue weighted by Gasteiger charge is 2.24. The molecule has 0 spiro atoms. The van der Waals surface area contributed by atoms with Crippen molar-refractivity contribution >= 4 is 28.1 Å². The summed E-state index contributed by atoms with van der Waals surface area (Å²) in [6.45, 7) is 2.97. The summed E-state index contributed by atoms with van der Waals surface area (Å²) in [5, 5.41) is 23.0. The lowest BCUT2D eigenvalue weighted by Gasteiger charge is -2.14. The smallest absolute Gasteiger partial charge is 0.277 e. The fourth-order valence-corrected chi connectivity index (χ4v) is 3.04. The van der Waals surface area contributed by atoms with Crippen LogP contribution in [0, 0.1) is 27.2 Å². The Labute approximate surface area is 147 Å². The number of carbonyl (C=O) groups excluding carboxylic acids is 1. The number of non-ortho nitro benzene ring substituents is 1. The molecule has 0 atom stereocenters. The molecule has 1 aromatic heterocycles. The Morgan fingerprint density at radius 1 is 1.04 bits per heavy atom. The molecule has 130 valence electrons. The molecule has 0 fully saturated rings. The third-order valence-corrected chi connectivity index (χ3v) is 4.08. The fraction of sp³-hybridized carbons (Fsp3) is 0.111. The van der Waals surface area contributed by atoms with Gasteiger partial charge in [-0.15, -0.1) is 0 Å². The molecule has 2 aromatic carbocycles. The van der Waals surface area contributed by atoms with Gasteiger partial charge in [0.05, 0.1) is 20.9 Å². The Morgan fingerprint density at radius 3 is 2.35 bits per heavy atom. The van der Waals surface area contributed by atoms with Crippen LogP contribution in [0.25, 0.3) is 22.0 Å². The molecule has 0 aliphatic rings. The minimum Gasteiger partial charge on any atom is -0.294 e. The molecule has 8 nitrogen and oxygen atoms in total. The van der Waals surface area contributed by atoms with Crippen molar-refractivity contribution in [3.05, 3.63) is 74.0 Å². The van der Waals surface area contributed by atoms with E-state index in [9.17, 15) is 25.0 Å². The first kappa shape index (κ1) is 17.2. The van der Waals surface area contributed by atoms with Gasteiger partial charge in [0.1, 0.15) is 0 Å². The van der Waals surface area contributed by atoms with Gasteiger partial charge in [-0.05, 0) is 26.0 Å². The van der Waals surface area contributed by atoms with Gasteiger partial charge in [-0.3, -0.25) is 30.0 Å². The molecule has 0 saturated heterocycles. The number of ketones is 1. The van der Waals surface area contributed by atoms with Crippen LogP contribution in [0.5, 0.6) is 0 Å². The Bertz CT molecular complexity index is 1090. The largest absolute Gasteiger partial charge is 0.294 e. The molecule has 26 heavy (non-hydrogen) atoms. The lowest BCUT2D eigenvalue weighted by molar-refractivity contribution is -0.384. The number of carbonyl (C=O) groups is 1. The highest BCUT2D eigenvalue weighted by Crippen LogP contribution is 2.39. The Balaban J connectivity index is 2.54. The van der Waals surface area contributed by atoms with Gasteiger partial charge < -0.3 is 0 Å². The number of hydrogen-bond acceptors (Lipinski definition) is 6. The van der Waals surface area contributed by atoms with Crippen LogP contribution in [-0.2, 0) is 0 Å². The lowest BCUT2D eigenvalue weighted by atomic mass is 9.91. The van der Waals surface area contributed by atoms with Gasteiger partial charge in [0, 0.05) is 40.4 Å². The number of pyridine rings is 1. The van der Waals surface area contributed by atoms with Crippen LogP contribution < -0.4 is 0 Å². The van der Waals surface area contributed by atoms with Crippen LogP contribution in [0.15, 0.2) is 42.5 Å². The van der Waals surface area contributed by atoms with Crippen molar-refractivity contribution < 1.29 is 14.6 Å². The summed E-state index contributed by atoms with van der Waals surface area (Å²) in [6, 6.07) is 10.1. The summed E-state index contributed by atoms with van der Waals surface area (Å²) in [5.41, 5.74) is 1.19. The first-order valence-corrected chi connectivity index (χ1v) is 7.64. The lowest BCUT2D eigenvalue weighted by Crippen LogP contribution is -2.05. The molecule has 0 aliphatic heterocycles. The Hall–Kier alpha value is -3.68. The topological polar surface area (TPSA) is 116 Å². The predicted molar refractivity (Wildman–Crippen MR) is 95.2 cm³/mol. The van der Waals surface area contributed by atoms with E-state index in [2.05, 4.69) is 4.98 Å². The maximum absolute atomic E-state index is 12.3. The summed E-state index contributed by atoms with van der Waals surface area (Å²) < 4.78 is 0. The molecule has 1 heterocycles. The molecule has 0 N–H and O–H groups in total. The molecule has 0 unspecified atom stereocenters. The Kier molecular flexibility index (Phi) is 4.17. The average Bonchev–Trinajstić information content (AvgIpc) is 2.59. The maximum atomic E-state index is 12.3. The summed E-state index contributed by atoms with van der Waals surface area (Å²) in [4.78, 5) is 38.1. The SMILES string of the molecule is CC(=O)c1c(C)nc2ccc([N+](=O)[O-])cc2c1-c1ccccc1[N+](=O)[O-]. The number of rotatable bonds is 4. The molecule has 0 saturated carbocycles. The van der Waals surface area contributed by atoms with Crippen molar-refractivity contribution in [2.45, 2.75) is 13.8 Å². The van der Waals surface area contributed by atoms with Crippen LogP contribution >= 0.6 is 0 Å². The fourth-order valence-electron chi connectivity index (χ4n) is 3.04. The number of Topliss-reactive ketones (excluding diaryl/α,β-unsaturated/α-hetero) is 1. The molecular weight excluding hydrogens is 338 g/mol. The molecule has 0 amide bonds. The van der Waals surface area contributed by atoms with Crippen molar-refractivity contribution in [1.82, 2.24) is 4.98 Å². The van der Waals surface area contributed by atoms with E-state index in [1.807, 2.05) is 0 Å². The van der Waals surface area contributed by atoms with Crippen LogP contribution in [0.4, 0.5) is 11.4 Å². The minimum absolute atomic E-state index is 0.183. The zero-order valence-corrected chi connectivity index (χ0v) is 13.9. The van der Waals surface area contributed by atoms with E-state index in [1.165, 1.54) is 43.3 Å². The minimum atomic E-state index is -0.560. The number of aromatic nitrogens is 1. The Morgan fingerprint density at radius 2 is 1.73 bits per heavy atom. The summed E-state index contributed by atoms with van der Waals surface area (Å²) in [5.74, 6) is -0.323. The van der Waals surface area contributed by atoms with Crippen LogP contribution in [0.1, 0.15) is 23.0 Å². The van der Waals surface area contributed by atoms with E-state index in [1.54, 1.807) is 13.0 Å². The number of aryl methyl sites for hydroxylation is 1. The maximum Gasteiger partial charge on any atom is 0.277 e. The van der Waals surface area contributed by atoms with Crippen molar-refractivity contribution in [2.24, 2.45) is 0 Å². The van der Waals surface area contributed by atoms with Crippen LogP contribution in [0.3, 0.4) is 0 Å². The number of fused-ring (bicyclic) bond motifs is 1. The number of hydrogen-bond donors (Lipinski definition) is 0. The number of para-hydroxylation sites is 1. The van der Waals surface area contributed by atoms with Crippen molar-refractivity contribution in [3.8, 4) is 11.1 Å². The average molecular weight is 351 g/mol. The third kappa shape index (κ3) is 2.77. The third-order valence-electron chi connectivity index (χ3n) is 4.08. The van der Waals surface area contributed by atoms with E-state index in [0.717, 1.165) is 0 Å². The van der Waals surface area contributed by atoms with Gasteiger partial charge in [0.25, 0.3) is 11.4 Å². The standard InChI is InChI=1S/C18H13N3O5/c1-10-17(11(2)22)18(13-5-3-4-6-16(13)21(25)26)14-9-12(20(23)24)7-8-15(14)19-10/h3-9H,1-2H3. The highest BCUT2D eigenvalue weighted by atomic mass is 16.6. The van der Waals surface area contributed by atoms with Crippen molar-refractivity contribution in [2.75, 3.05) is 0 Å². The van der Waals surface area contributed by atoms with E-state index in [-0.39, 0.29) is 33.8 Å². The molecule has 3 aromatic rings. The van der Waals surface area contributed by atoms with Gasteiger partial charge in [-0.2, -0.15) is 0 Å². The predicted octanol–water partition coefficient (Wildman–Crippen LogP) is 4.23. The van der Waals surface area contributed by atoms with E-state index < -0.39 is 9.85 Å². The van der Waals surface area contributed by atoms with Crippen molar-refractivity contribution in [3.63, 3.8) is 0 Å². The zero-order chi connectivity index (χ0) is 19.0. The van der Waals surface area contributed by atoms with Gasteiger partial charge in [0.2, 0.25) is 0 Å². The number of nitrogens with zero attached hydrogens (tertiary/aromatic N) is 3. The highest BCUT2D eigenvalue weighted by molar-refractivity contribution is 6.11. The molecule has 8 heteroatoms. The molecule has 0 bridgehead atoms. The monoisotopic (exact) mass is 351 g/mol. The molecule has 0 aliphatic carbocycles. The van der Waals surface area contributed by atoms with Gasteiger partial charge in [0.15, 0.2) is 5.78 Å². The van der Waals surface area contributed by atoms with Gasteiger partial charge >= 0.3 is 0 Å². The number of nitro benzene ring substituents is 2. The molecule has 3 rings (SSSR count). The second-order valence-electron chi connectivity index (χ2n) is 5.74. The van der Waals surface area contributed by atoms with Crippen LogP contribution in [0.2, 0.25) is 0 Å². The van der Waals surface area contributed by atoms with Gasteiger partial charge in [-0.1, -0.05) is 12.1 Å². The summed E-state index contributed by atoms with van der Waals surface area (Å²) >= 11 is 0. The first-order chi connectivity index (χ1) is 12.3. The zero-order valence-electron chi connectivity index (χ0n) is 13.9. The summed E-state index contributed by atoms with van der Waals surface area (Å²) in [7, 11) is 0. The molecular formula is C18H13N3O5. The van der Waals surface area contributed by atoms with E-state index >= 15 is 0 Å². The van der Waals surface area contributed by atoms with E-state index in [0.29, 0.717) is 16.6 Å².